The molecule has 0 saturated carbocycles. The number of morpholine rings is 1. The summed E-state index contributed by atoms with van der Waals surface area (Å²) < 4.78 is 46.8. The van der Waals surface area contributed by atoms with Gasteiger partial charge in [0.1, 0.15) is 0 Å². The number of hydrogen-bond acceptors (Lipinski definition) is 7. The maximum absolute atomic E-state index is 13.1. The maximum Gasteiger partial charge on any atom is 0.416 e. The van der Waals surface area contributed by atoms with Gasteiger partial charge in [-0.05, 0) is 55.8 Å². The molecule has 0 atom stereocenters. The predicted molar refractivity (Wildman–Crippen MR) is 137 cm³/mol. The molecule has 8 nitrogen and oxygen atoms in total. The van der Waals surface area contributed by atoms with Crippen molar-refractivity contribution in [2.45, 2.75) is 32.6 Å². The van der Waals surface area contributed by atoms with Crippen molar-refractivity contribution in [2.75, 3.05) is 41.8 Å². The lowest BCUT2D eigenvalue weighted by Gasteiger charge is -2.28. The fourth-order valence-electron chi connectivity index (χ4n) is 4.22. The summed E-state index contributed by atoms with van der Waals surface area (Å²) in [5.74, 6) is 0.801. The number of hydrogen-bond donors (Lipinski definition) is 2. The molecule has 194 valence electrons. The number of aromatic nitrogens is 4. The Hall–Kier alpha value is -3.86. The quantitative estimate of drug-likeness (QED) is 0.333. The van der Waals surface area contributed by atoms with Crippen molar-refractivity contribution in [3.05, 3.63) is 66.0 Å². The number of anilines is 4. The standard InChI is InChI=1S/C26H28F3N7O/c1-17(2)36-16-31-22-23(30-15-18-4-3-5-19(14-18)26(27,28)29)33-25(34-24(22)36)32-20-6-8-21(9-7-20)35-10-12-37-13-11-35/h3-9,14,16-17H,10-13,15H2,1-2H3,(H2,30,32,33,34). The molecule has 1 saturated heterocycles. The van der Waals surface area contributed by atoms with E-state index in [0.717, 1.165) is 36.6 Å². The number of ether oxygens (including phenoxy) is 1. The van der Waals surface area contributed by atoms with Gasteiger partial charge in [0, 0.05) is 37.1 Å². The molecule has 2 N–H and O–H groups in total. The van der Waals surface area contributed by atoms with Gasteiger partial charge in [0.05, 0.1) is 25.1 Å². The number of benzene rings is 2. The molecule has 2 aromatic carbocycles. The topological polar surface area (TPSA) is 80.1 Å². The Morgan fingerprint density at radius 3 is 2.49 bits per heavy atom. The normalized spacial score (nSPS) is 14.4. The Labute approximate surface area is 212 Å². The summed E-state index contributed by atoms with van der Waals surface area (Å²) >= 11 is 0. The van der Waals surface area contributed by atoms with Crippen molar-refractivity contribution in [2.24, 2.45) is 0 Å². The Morgan fingerprint density at radius 1 is 1.03 bits per heavy atom. The summed E-state index contributed by atoms with van der Waals surface area (Å²) in [5.41, 5.74) is 2.91. The molecule has 0 unspecified atom stereocenters. The van der Waals surface area contributed by atoms with Crippen molar-refractivity contribution in [3.63, 3.8) is 0 Å². The molecule has 1 aliphatic heterocycles. The van der Waals surface area contributed by atoms with E-state index >= 15 is 0 Å². The molecule has 0 radical (unpaired) electrons. The van der Waals surface area contributed by atoms with Gasteiger partial charge < -0.3 is 24.8 Å². The summed E-state index contributed by atoms with van der Waals surface area (Å²) in [7, 11) is 0. The molecule has 2 aromatic heterocycles. The Balaban J connectivity index is 1.40. The third-order valence-corrected chi connectivity index (χ3v) is 6.19. The van der Waals surface area contributed by atoms with E-state index in [4.69, 9.17) is 4.74 Å². The van der Waals surface area contributed by atoms with E-state index < -0.39 is 11.7 Å². The lowest BCUT2D eigenvalue weighted by molar-refractivity contribution is -0.137. The highest BCUT2D eigenvalue weighted by atomic mass is 19.4. The highest BCUT2D eigenvalue weighted by Crippen LogP contribution is 2.30. The first-order valence-electron chi connectivity index (χ1n) is 12.1. The van der Waals surface area contributed by atoms with E-state index in [1.807, 2.05) is 42.7 Å². The van der Waals surface area contributed by atoms with Crippen LogP contribution >= 0.6 is 0 Å². The van der Waals surface area contributed by atoms with Crippen LogP contribution in [0.15, 0.2) is 54.9 Å². The SMILES string of the molecule is CC(C)n1cnc2c(NCc3cccc(C(F)(F)F)c3)nc(Nc3ccc(N4CCOCC4)cc3)nc21. The molecule has 0 spiro atoms. The summed E-state index contributed by atoms with van der Waals surface area (Å²) in [6, 6.07) is 13.3. The summed E-state index contributed by atoms with van der Waals surface area (Å²) in [6.45, 7) is 7.34. The molecular formula is C26H28F3N7O. The fourth-order valence-corrected chi connectivity index (χ4v) is 4.22. The molecule has 1 aliphatic rings. The van der Waals surface area contributed by atoms with Crippen LogP contribution in [-0.4, -0.2) is 45.8 Å². The van der Waals surface area contributed by atoms with E-state index in [-0.39, 0.29) is 12.6 Å². The van der Waals surface area contributed by atoms with Gasteiger partial charge in [0.25, 0.3) is 0 Å². The van der Waals surface area contributed by atoms with E-state index in [2.05, 4.69) is 30.5 Å². The number of imidazole rings is 1. The minimum Gasteiger partial charge on any atom is -0.378 e. The maximum atomic E-state index is 13.1. The first kappa shape index (κ1) is 24.8. The van der Waals surface area contributed by atoms with E-state index in [9.17, 15) is 13.2 Å². The second-order valence-corrected chi connectivity index (χ2v) is 9.14. The summed E-state index contributed by atoms with van der Waals surface area (Å²) in [6.07, 6.45) is -2.71. The second-order valence-electron chi connectivity index (χ2n) is 9.14. The number of rotatable bonds is 7. The summed E-state index contributed by atoms with van der Waals surface area (Å²) in [5, 5.41) is 6.41. The molecule has 0 aliphatic carbocycles. The first-order chi connectivity index (χ1) is 17.8. The lowest BCUT2D eigenvalue weighted by Crippen LogP contribution is -2.36. The first-order valence-corrected chi connectivity index (χ1v) is 12.1. The number of halogens is 3. The Bertz CT molecular complexity index is 1360. The summed E-state index contributed by atoms with van der Waals surface area (Å²) in [4.78, 5) is 16.0. The van der Waals surface area contributed by atoms with Gasteiger partial charge in [0.15, 0.2) is 17.0 Å². The highest BCUT2D eigenvalue weighted by molar-refractivity contribution is 5.85. The van der Waals surface area contributed by atoms with Crippen molar-refractivity contribution < 1.29 is 17.9 Å². The van der Waals surface area contributed by atoms with Crippen LogP contribution < -0.4 is 15.5 Å². The zero-order valence-corrected chi connectivity index (χ0v) is 20.6. The minimum atomic E-state index is -4.40. The zero-order valence-electron chi connectivity index (χ0n) is 20.6. The van der Waals surface area contributed by atoms with Gasteiger partial charge in [-0.25, -0.2) is 4.98 Å². The zero-order chi connectivity index (χ0) is 26.0. The predicted octanol–water partition coefficient (Wildman–Crippen LogP) is 5.62. The Kier molecular flexibility index (Phi) is 6.88. The largest absolute Gasteiger partial charge is 0.416 e. The van der Waals surface area contributed by atoms with Crippen molar-refractivity contribution in [3.8, 4) is 0 Å². The van der Waals surface area contributed by atoms with Crippen molar-refractivity contribution >= 4 is 34.3 Å². The smallest absolute Gasteiger partial charge is 0.378 e. The van der Waals surface area contributed by atoms with Gasteiger partial charge in [-0.1, -0.05) is 12.1 Å². The van der Waals surface area contributed by atoms with E-state index in [1.54, 1.807) is 12.4 Å². The van der Waals surface area contributed by atoms with Crippen LogP contribution in [0.1, 0.15) is 31.0 Å². The second kappa shape index (κ2) is 10.3. The minimum absolute atomic E-state index is 0.108. The molecule has 37 heavy (non-hydrogen) atoms. The Morgan fingerprint density at radius 2 is 1.78 bits per heavy atom. The van der Waals surface area contributed by atoms with Gasteiger partial charge in [-0.2, -0.15) is 23.1 Å². The van der Waals surface area contributed by atoms with Crippen molar-refractivity contribution in [1.82, 2.24) is 19.5 Å². The van der Waals surface area contributed by atoms with Crippen LogP contribution in [-0.2, 0) is 17.5 Å². The molecule has 4 aromatic rings. The van der Waals surface area contributed by atoms with Crippen LogP contribution in [0.25, 0.3) is 11.2 Å². The average Bonchev–Trinajstić information content (AvgIpc) is 3.32. The molecule has 3 heterocycles. The van der Waals surface area contributed by atoms with Crippen LogP contribution in [0.4, 0.5) is 36.3 Å². The van der Waals surface area contributed by atoms with Crippen LogP contribution in [0.5, 0.6) is 0 Å². The number of nitrogens with zero attached hydrogens (tertiary/aromatic N) is 5. The molecule has 0 bridgehead atoms. The van der Waals surface area contributed by atoms with Crippen LogP contribution in [0.2, 0.25) is 0 Å². The fraction of sp³-hybridized carbons (Fsp3) is 0.346. The van der Waals surface area contributed by atoms with E-state index in [0.29, 0.717) is 41.7 Å². The molecule has 0 amide bonds. The van der Waals surface area contributed by atoms with Gasteiger partial charge in [-0.3, -0.25) is 0 Å². The van der Waals surface area contributed by atoms with Gasteiger partial charge >= 0.3 is 6.18 Å². The monoisotopic (exact) mass is 511 g/mol. The number of alkyl halides is 3. The van der Waals surface area contributed by atoms with Gasteiger partial charge in [-0.15, -0.1) is 0 Å². The van der Waals surface area contributed by atoms with Crippen LogP contribution in [0.3, 0.4) is 0 Å². The number of fused-ring (bicyclic) bond motifs is 1. The van der Waals surface area contributed by atoms with Gasteiger partial charge in [0.2, 0.25) is 5.95 Å². The molecular weight excluding hydrogens is 483 g/mol. The molecule has 11 heteroatoms. The van der Waals surface area contributed by atoms with E-state index in [1.165, 1.54) is 6.07 Å². The third-order valence-electron chi connectivity index (χ3n) is 6.19. The molecule has 5 rings (SSSR count). The number of nitrogens with one attached hydrogen (secondary N) is 2. The average molecular weight is 512 g/mol. The third kappa shape index (κ3) is 5.61. The highest BCUT2D eigenvalue weighted by Gasteiger charge is 2.30. The lowest BCUT2D eigenvalue weighted by atomic mass is 10.1. The van der Waals surface area contributed by atoms with Crippen LogP contribution in [0, 0.1) is 0 Å². The molecule has 1 fully saturated rings. The van der Waals surface area contributed by atoms with Crippen molar-refractivity contribution in [1.29, 1.82) is 0 Å².